The largest absolute Gasteiger partial charge is 0.388 e. The predicted octanol–water partition coefficient (Wildman–Crippen LogP) is 2.05. The Morgan fingerprint density at radius 1 is 1.29 bits per heavy atom. The molecule has 0 unspecified atom stereocenters. The van der Waals surface area contributed by atoms with Gasteiger partial charge in [-0.2, -0.15) is 0 Å². The van der Waals surface area contributed by atoms with E-state index in [0.717, 1.165) is 35.1 Å². The zero-order valence-electron chi connectivity index (χ0n) is 11.4. The number of fused-ring (bicyclic) bond motifs is 1. The summed E-state index contributed by atoms with van der Waals surface area (Å²) in [5, 5.41) is 18.5. The Balaban J connectivity index is 1.58. The van der Waals surface area contributed by atoms with Crippen LogP contribution in [0.4, 0.5) is 0 Å². The van der Waals surface area contributed by atoms with Crippen LogP contribution < -0.4 is 0 Å². The van der Waals surface area contributed by atoms with Crippen molar-refractivity contribution in [2.24, 2.45) is 0 Å². The van der Waals surface area contributed by atoms with Crippen molar-refractivity contribution in [3.63, 3.8) is 0 Å². The van der Waals surface area contributed by atoms with E-state index in [0.29, 0.717) is 11.9 Å². The minimum Gasteiger partial charge on any atom is -0.388 e. The standard InChI is InChI=1S/C14H15N5OS/c20-8-13-16-17-14(19(13)10-4-5-10)21-9-11-7-15-12-3-1-2-6-18(11)12/h1-3,6-7,10,20H,4-5,8-9H2. The van der Waals surface area contributed by atoms with E-state index in [9.17, 15) is 5.11 Å². The lowest BCUT2D eigenvalue weighted by Crippen LogP contribution is -2.03. The van der Waals surface area contributed by atoms with Crippen LogP contribution in [-0.2, 0) is 12.4 Å². The molecule has 0 bridgehead atoms. The van der Waals surface area contributed by atoms with E-state index in [1.165, 1.54) is 0 Å². The molecule has 4 rings (SSSR count). The Kier molecular flexibility index (Phi) is 3.16. The zero-order chi connectivity index (χ0) is 14.2. The van der Waals surface area contributed by atoms with Crippen molar-refractivity contribution in [1.82, 2.24) is 24.1 Å². The Hall–Kier alpha value is -1.86. The summed E-state index contributed by atoms with van der Waals surface area (Å²) >= 11 is 1.64. The molecule has 3 aromatic heterocycles. The molecule has 3 aromatic rings. The molecular formula is C14H15N5OS. The maximum Gasteiger partial charge on any atom is 0.191 e. The van der Waals surface area contributed by atoms with Gasteiger partial charge in [-0.25, -0.2) is 4.98 Å². The molecule has 0 saturated heterocycles. The van der Waals surface area contributed by atoms with Crippen molar-refractivity contribution in [2.45, 2.75) is 36.4 Å². The number of thioether (sulfide) groups is 1. The van der Waals surface area contributed by atoms with Crippen molar-refractivity contribution in [3.05, 3.63) is 42.1 Å². The number of hydrogen-bond acceptors (Lipinski definition) is 5. The molecule has 7 heteroatoms. The zero-order valence-corrected chi connectivity index (χ0v) is 12.2. The molecule has 108 valence electrons. The summed E-state index contributed by atoms with van der Waals surface area (Å²) in [6, 6.07) is 6.44. The second kappa shape index (κ2) is 5.16. The van der Waals surface area contributed by atoms with Gasteiger partial charge in [-0.15, -0.1) is 10.2 Å². The van der Waals surface area contributed by atoms with E-state index >= 15 is 0 Å². The lowest BCUT2D eigenvalue weighted by molar-refractivity contribution is 0.263. The first kappa shape index (κ1) is 12.8. The van der Waals surface area contributed by atoms with Crippen LogP contribution >= 0.6 is 11.8 Å². The highest BCUT2D eigenvalue weighted by molar-refractivity contribution is 7.98. The van der Waals surface area contributed by atoms with Crippen LogP contribution in [0.2, 0.25) is 0 Å². The minimum atomic E-state index is -0.0559. The van der Waals surface area contributed by atoms with Gasteiger partial charge in [0.1, 0.15) is 12.3 Å². The van der Waals surface area contributed by atoms with Gasteiger partial charge in [0.2, 0.25) is 0 Å². The van der Waals surface area contributed by atoms with Gasteiger partial charge >= 0.3 is 0 Å². The maximum absolute atomic E-state index is 9.36. The highest BCUT2D eigenvalue weighted by atomic mass is 32.2. The van der Waals surface area contributed by atoms with Crippen LogP contribution in [0.1, 0.15) is 30.4 Å². The summed E-state index contributed by atoms with van der Waals surface area (Å²) in [6.07, 6.45) is 6.21. The molecule has 6 nitrogen and oxygen atoms in total. The molecule has 1 aliphatic rings. The molecule has 21 heavy (non-hydrogen) atoms. The number of pyridine rings is 1. The molecule has 1 N–H and O–H groups in total. The summed E-state index contributed by atoms with van der Waals surface area (Å²) in [5.74, 6) is 1.44. The summed E-state index contributed by atoms with van der Waals surface area (Å²) in [4.78, 5) is 4.39. The van der Waals surface area contributed by atoms with Gasteiger partial charge in [0, 0.05) is 18.0 Å². The third-order valence-electron chi connectivity index (χ3n) is 3.63. The molecule has 1 fully saturated rings. The Morgan fingerprint density at radius 2 is 2.19 bits per heavy atom. The quantitative estimate of drug-likeness (QED) is 0.730. The molecule has 1 saturated carbocycles. The van der Waals surface area contributed by atoms with Crippen molar-refractivity contribution >= 4 is 17.4 Å². The molecule has 0 aromatic carbocycles. The van der Waals surface area contributed by atoms with E-state index in [4.69, 9.17) is 0 Å². The SMILES string of the molecule is OCc1nnc(SCc2cnc3ccccn23)n1C1CC1. The van der Waals surface area contributed by atoms with Crippen LogP contribution in [0.3, 0.4) is 0 Å². The van der Waals surface area contributed by atoms with Crippen molar-refractivity contribution in [3.8, 4) is 0 Å². The van der Waals surface area contributed by atoms with E-state index in [-0.39, 0.29) is 6.61 Å². The van der Waals surface area contributed by atoms with E-state index < -0.39 is 0 Å². The molecule has 0 radical (unpaired) electrons. The summed E-state index contributed by atoms with van der Waals surface area (Å²) in [5.41, 5.74) is 2.08. The average Bonchev–Trinajstić information content (AvgIpc) is 3.14. The van der Waals surface area contributed by atoms with Gasteiger partial charge in [0.25, 0.3) is 0 Å². The second-order valence-corrected chi connectivity index (χ2v) is 6.07. The van der Waals surface area contributed by atoms with Gasteiger partial charge in [0.05, 0.1) is 11.9 Å². The van der Waals surface area contributed by atoms with Gasteiger partial charge < -0.3 is 14.1 Å². The lowest BCUT2D eigenvalue weighted by Gasteiger charge is -2.07. The second-order valence-electron chi connectivity index (χ2n) is 5.13. The van der Waals surface area contributed by atoms with Crippen molar-refractivity contribution in [1.29, 1.82) is 0 Å². The minimum absolute atomic E-state index is 0.0559. The fourth-order valence-corrected chi connectivity index (χ4v) is 3.43. The summed E-state index contributed by atoms with van der Waals surface area (Å²) in [6.45, 7) is -0.0559. The molecular weight excluding hydrogens is 286 g/mol. The van der Waals surface area contributed by atoms with Gasteiger partial charge in [-0.05, 0) is 25.0 Å². The van der Waals surface area contributed by atoms with E-state index in [2.05, 4.69) is 24.1 Å². The number of rotatable bonds is 5. The third-order valence-corrected chi connectivity index (χ3v) is 4.61. The Morgan fingerprint density at radius 3 is 3.00 bits per heavy atom. The van der Waals surface area contributed by atoms with Crippen LogP contribution in [-0.4, -0.2) is 29.3 Å². The van der Waals surface area contributed by atoms with Gasteiger partial charge in [-0.3, -0.25) is 0 Å². The molecule has 3 heterocycles. The Bertz CT molecular complexity index is 777. The van der Waals surface area contributed by atoms with Gasteiger partial charge in [-0.1, -0.05) is 17.8 Å². The fourth-order valence-electron chi connectivity index (χ4n) is 2.44. The average molecular weight is 301 g/mol. The smallest absolute Gasteiger partial charge is 0.191 e. The van der Waals surface area contributed by atoms with Crippen LogP contribution in [0.5, 0.6) is 0 Å². The molecule has 0 amide bonds. The van der Waals surface area contributed by atoms with Crippen LogP contribution in [0, 0.1) is 0 Å². The van der Waals surface area contributed by atoms with E-state index in [1.54, 1.807) is 11.8 Å². The normalized spacial score (nSPS) is 14.9. The maximum atomic E-state index is 9.36. The number of aliphatic hydroxyl groups excluding tert-OH is 1. The third kappa shape index (κ3) is 2.32. The first-order valence-corrected chi connectivity index (χ1v) is 7.94. The molecule has 0 spiro atoms. The highest BCUT2D eigenvalue weighted by Gasteiger charge is 2.29. The Labute approximate surface area is 125 Å². The number of aromatic nitrogens is 5. The predicted molar refractivity (Wildman–Crippen MR) is 79.0 cm³/mol. The first-order chi connectivity index (χ1) is 10.4. The number of aliphatic hydroxyl groups is 1. The van der Waals surface area contributed by atoms with E-state index in [1.807, 2.05) is 30.6 Å². The van der Waals surface area contributed by atoms with Crippen molar-refractivity contribution < 1.29 is 5.11 Å². The summed E-state index contributed by atoms with van der Waals surface area (Å²) < 4.78 is 4.16. The van der Waals surface area contributed by atoms with Crippen LogP contribution in [0.25, 0.3) is 5.65 Å². The monoisotopic (exact) mass is 301 g/mol. The van der Waals surface area contributed by atoms with Crippen molar-refractivity contribution in [2.75, 3.05) is 0 Å². The lowest BCUT2D eigenvalue weighted by atomic mass is 10.4. The molecule has 0 aliphatic heterocycles. The first-order valence-electron chi connectivity index (χ1n) is 6.95. The summed E-state index contributed by atoms with van der Waals surface area (Å²) in [7, 11) is 0. The van der Waals surface area contributed by atoms with Gasteiger partial charge in [0.15, 0.2) is 11.0 Å². The molecule has 1 aliphatic carbocycles. The number of imidazole rings is 1. The topological polar surface area (TPSA) is 68.2 Å². The highest BCUT2D eigenvalue weighted by Crippen LogP contribution is 2.39. The fraction of sp³-hybridized carbons (Fsp3) is 0.357. The van der Waals surface area contributed by atoms with Crippen LogP contribution in [0.15, 0.2) is 35.7 Å². The molecule has 0 atom stereocenters. The number of hydrogen-bond donors (Lipinski definition) is 1. The number of nitrogens with zero attached hydrogens (tertiary/aromatic N) is 5.